The maximum atomic E-state index is 12.3. The van der Waals surface area contributed by atoms with E-state index in [4.69, 9.17) is 19.5 Å². The minimum atomic E-state index is -0.663. The second kappa shape index (κ2) is 12.0. The Balaban J connectivity index is 1.38. The van der Waals surface area contributed by atoms with Crippen molar-refractivity contribution in [2.24, 2.45) is 5.92 Å². The van der Waals surface area contributed by atoms with Gasteiger partial charge in [0.05, 0.1) is 25.9 Å². The number of anilines is 1. The molecular weight excluding hydrogens is 424 g/mol. The van der Waals surface area contributed by atoms with Crippen molar-refractivity contribution in [1.29, 1.82) is 0 Å². The lowest BCUT2D eigenvalue weighted by Crippen LogP contribution is -2.40. The van der Waals surface area contributed by atoms with Gasteiger partial charge in [0.2, 0.25) is 0 Å². The minimum Gasteiger partial charge on any atom is -0.494 e. The molecule has 0 atom stereocenters. The summed E-state index contributed by atoms with van der Waals surface area (Å²) in [5.41, 5.74) is 1.29. The number of ether oxygens (including phenoxy) is 1. The Labute approximate surface area is 195 Å². The average Bonchev–Trinajstić information content (AvgIpc) is 3.31. The van der Waals surface area contributed by atoms with E-state index in [0.717, 1.165) is 55.9 Å². The summed E-state index contributed by atoms with van der Waals surface area (Å²) < 4.78 is 11.3. The Kier molecular flexibility index (Phi) is 9.08. The number of aromatic nitrogens is 2. The Bertz CT molecular complexity index is 889. The monoisotopic (exact) mass is 460 g/mol. The molecule has 0 aliphatic carbocycles. The first-order valence-corrected chi connectivity index (χ1v) is 11.8. The molecule has 9 nitrogen and oxygen atoms in total. The average molecular weight is 461 g/mol. The summed E-state index contributed by atoms with van der Waals surface area (Å²) in [4.78, 5) is 19.0. The normalized spacial score (nSPS) is 14.8. The number of aliphatic hydroxyl groups is 2. The van der Waals surface area contributed by atoms with Crippen LogP contribution >= 0.6 is 0 Å². The van der Waals surface area contributed by atoms with Crippen molar-refractivity contribution < 1.29 is 24.3 Å². The van der Waals surface area contributed by atoms with Gasteiger partial charge in [-0.25, -0.2) is 0 Å². The Morgan fingerprint density at radius 1 is 1.27 bits per heavy atom. The number of benzene rings is 1. The molecular formula is C24H36N4O5. The molecule has 1 saturated heterocycles. The number of aliphatic hydroxyl groups excluding tert-OH is 2. The summed E-state index contributed by atoms with van der Waals surface area (Å²) in [7, 11) is 0. The molecule has 33 heavy (non-hydrogen) atoms. The van der Waals surface area contributed by atoms with Crippen LogP contribution in [0.15, 0.2) is 22.7 Å². The van der Waals surface area contributed by atoms with Crippen molar-refractivity contribution in [3.8, 4) is 5.75 Å². The van der Waals surface area contributed by atoms with Gasteiger partial charge in [-0.3, -0.25) is 4.79 Å². The smallest absolute Gasteiger partial charge is 0.324 e. The summed E-state index contributed by atoms with van der Waals surface area (Å²) in [5.74, 6) is 2.10. The van der Waals surface area contributed by atoms with Gasteiger partial charge in [-0.05, 0) is 62.3 Å². The van der Waals surface area contributed by atoms with Crippen LogP contribution in [-0.2, 0) is 0 Å². The fourth-order valence-corrected chi connectivity index (χ4v) is 3.96. The molecule has 3 rings (SSSR count). The molecule has 3 N–H and O–H groups in total. The van der Waals surface area contributed by atoms with Gasteiger partial charge >= 0.3 is 6.01 Å². The third-order valence-electron chi connectivity index (χ3n) is 6.08. The first kappa shape index (κ1) is 25.0. The standard InChI is InChI=1S/C24H36N4O5/c1-16(2)22-26-24(33-27-22)28-10-8-18(9-11-28)5-4-12-32-20-6-7-21(17(3)13-20)23(31)25-19(14-29)15-30/h6-7,13,16,18-19,29-30H,4-5,8-12,14-15H2,1-3H3,(H,25,31). The summed E-state index contributed by atoms with van der Waals surface area (Å²) in [6, 6.07) is 5.31. The number of hydrogen-bond donors (Lipinski definition) is 3. The van der Waals surface area contributed by atoms with E-state index >= 15 is 0 Å². The summed E-state index contributed by atoms with van der Waals surface area (Å²) in [6.45, 7) is 7.83. The zero-order valence-corrected chi connectivity index (χ0v) is 19.8. The lowest BCUT2D eigenvalue weighted by Gasteiger charge is -2.30. The van der Waals surface area contributed by atoms with Crippen molar-refractivity contribution in [3.63, 3.8) is 0 Å². The van der Waals surface area contributed by atoms with E-state index in [1.165, 1.54) is 0 Å². The van der Waals surface area contributed by atoms with Crippen molar-refractivity contribution in [2.75, 3.05) is 37.8 Å². The molecule has 1 fully saturated rings. The highest BCUT2D eigenvalue weighted by Crippen LogP contribution is 2.26. The van der Waals surface area contributed by atoms with Crippen LogP contribution in [-0.4, -0.2) is 65.2 Å². The highest BCUT2D eigenvalue weighted by Gasteiger charge is 2.23. The SMILES string of the molecule is Cc1cc(OCCCC2CCN(c3nc(C(C)C)no3)CC2)ccc1C(=O)NC(CO)CO. The Hall–Kier alpha value is -2.65. The number of nitrogens with one attached hydrogen (secondary N) is 1. The van der Waals surface area contributed by atoms with Gasteiger partial charge in [0, 0.05) is 24.6 Å². The first-order chi connectivity index (χ1) is 15.9. The highest BCUT2D eigenvalue weighted by molar-refractivity contribution is 5.96. The lowest BCUT2D eigenvalue weighted by molar-refractivity contribution is 0.0878. The largest absolute Gasteiger partial charge is 0.494 e. The van der Waals surface area contributed by atoms with Gasteiger partial charge in [-0.1, -0.05) is 19.0 Å². The topological polar surface area (TPSA) is 121 Å². The maximum Gasteiger partial charge on any atom is 0.324 e. The fraction of sp³-hybridized carbons (Fsp3) is 0.625. The van der Waals surface area contributed by atoms with E-state index in [2.05, 4.69) is 34.2 Å². The fourth-order valence-electron chi connectivity index (χ4n) is 3.96. The summed E-state index contributed by atoms with van der Waals surface area (Å²) >= 11 is 0. The van der Waals surface area contributed by atoms with E-state index in [9.17, 15) is 4.79 Å². The van der Waals surface area contributed by atoms with Gasteiger partial charge < -0.3 is 29.7 Å². The molecule has 1 amide bonds. The number of carbonyl (C=O) groups is 1. The molecule has 0 spiro atoms. The maximum absolute atomic E-state index is 12.3. The van der Waals surface area contributed by atoms with Crippen LogP contribution in [0.5, 0.6) is 5.75 Å². The van der Waals surface area contributed by atoms with E-state index in [-0.39, 0.29) is 25.0 Å². The van der Waals surface area contributed by atoms with Crippen LogP contribution in [0.3, 0.4) is 0 Å². The van der Waals surface area contributed by atoms with Crippen LogP contribution in [0.4, 0.5) is 6.01 Å². The van der Waals surface area contributed by atoms with Gasteiger partial charge in [-0.2, -0.15) is 4.98 Å². The number of piperidine rings is 1. The molecule has 2 heterocycles. The first-order valence-electron chi connectivity index (χ1n) is 11.8. The van der Waals surface area contributed by atoms with Crippen molar-refractivity contribution in [1.82, 2.24) is 15.5 Å². The molecule has 9 heteroatoms. The number of carbonyl (C=O) groups excluding carboxylic acids is 1. The molecule has 2 aromatic rings. The van der Waals surface area contributed by atoms with Gasteiger partial charge in [0.15, 0.2) is 5.82 Å². The van der Waals surface area contributed by atoms with Crippen LogP contribution in [0.25, 0.3) is 0 Å². The van der Waals surface area contributed by atoms with Crippen LogP contribution < -0.4 is 15.0 Å². The predicted octanol–water partition coefficient (Wildman–Crippen LogP) is 2.66. The lowest BCUT2D eigenvalue weighted by atomic mass is 9.92. The van der Waals surface area contributed by atoms with Crippen LogP contribution in [0.2, 0.25) is 0 Å². The molecule has 1 aromatic heterocycles. The number of hydrogen-bond acceptors (Lipinski definition) is 8. The van der Waals surface area contributed by atoms with E-state index in [0.29, 0.717) is 24.1 Å². The minimum absolute atomic E-state index is 0.266. The predicted molar refractivity (Wildman–Crippen MR) is 125 cm³/mol. The highest BCUT2D eigenvalue weighted by atomic mass is 16.5. The molecule has 0 bridgehead atoms. The van der Waals surface area contributed by atoms with Gasteiger partial charge in [0.1, 0.15) is 5.75 Å². The van der Waals surface area contributed by atoms with Gasteiger partial charge in [-0.15, -0.1) is 0 Å². The van der Waals surface area contributed by atoms with Gasteiger partial charge in [0.25, 0.3) is 5.91 Å². The van der Waals surface area contributed by atoms with Crippen LogP contribution in [0, 0.1) is 12.8 Å². The zero-order valence-electron chi connectivity index (χ0n) is 19.8. The summed E-state index contributed by atoms with van der Waals surface area (Å²) in [6.07, 6.45) is 4.28. The quantitative estimate of drug-likeness (QED) is 0.438. The van der Waals surface area contributed by atoms with Crippen molar-refractivity contribution in [2.45, 2.75) is 58.4 Å². The molecule has 1 aliphatic heterocycles. The molecule has 182 valence electrons. The molecule has 0 saturated carbocycles. The second-order valence-electron chi connectivity index (χ2n) is 9.02. The molecule has 0 radical (unpaired) electrons. The molecule has 0 unspecified atom stereocenters. The number of amides is 1. The number of rotatable bonds is 11. The van der Waals surface area contributed by atoms with Crippen molar-refractivity contribution >= 4 is 11.9 Å². The Morgan fingerprint density at radius 2 is 2.00 bits per heavy atom. The zero-order chi connectivity index (χ0) is 23.8. The van der Waals surface area contributed by atoms with E-state index < -0.39 is 6.04 Å². The van der Waals surface area contributed by atoms with Crippen molar-refractivity contribution in [3.05, 3.63) is 35.2 Å². The van der Waals surface area contributed by atoms with E-state index in [1.807, 2.05) is 13.0 Å². The second-order valence-corrected chi connectivity index (χ2v) is 9.02. The molecule has 1 aliphatic rings. The molecule has 1 aromatic carbocycles. The summed E-state index contributed by atoms with van der Waals surface area (Å²) in [5, 5.41) is 24.9. The number of nitrogens with zero attached hydrogens (tertiary/aromatic N) is 3. The number of aryl methyl sites for hydroxylation is 1. The third kappa shape index (κ3) is 6.91. The van der Waals surface area contributed by atoms with E-state index in [1.54, 1.807) is 12.1 Å². The van der Waals surface area contributed by atoms with Crippen LogP contribution in [0.1, 0.15) is 67.2 Å². The Morgan fingerprint density at radius 3 is 2.61 bits per heavy atom. The third-order valence-corrected chi connectivity index (χ3v) is 6.08.